The lowest BCUT2D eigenvalue weighted by atomic mass is 10.2. The second-order valence-electron chi connectivity index (χ2n) is 3.28. The molecule has 18 heavy (non-hydrogen) atoms. The van der Waals surface area contributed by atoms with Crippen molar-refractivity contribution in [2.45, 2.75) is 19.3 Å². The maximum Gasteiger partial charge on any atom is 0.372 e. The first-order chi connectivity index (χ1) is 8.54. The van der Waals surface area contributed by atoms with Crippen LogP contribution in [0.1, 0.15) is 40.2 Å². The van der Waals surface area contributed by atoms with E-state index in [1.807, 2.05) is 0 Å². The number of unbranched alkanes of at least 4 members (excludes halogenated alkanes) is 2. The third-order valence-electron chi connectivity index (χ3n) is 1.91. The summed E-state index contributed by atoms with van der Waals surface area (Å²) in [5, 5.41) is 33.1. The summed E-state index contributed by atoms with van der Waals surface area (Å²) in [5.74, 6) is -3.24. The molecule has 4 N–H and O–H groups in total. The molecule has 0 fully saturated rings. The van der Waals surface area contributed by atoms with Gasteiger partial charge in [-0.25, -0.2) is 9.59 Å². The van der Waals surface area contributed by atoms with Crippen molar-refractivity contribution in [1.82, 2.24) is 0 Å². The van der Waals surface area contributed by atoms with E-state index in [0.717, 1.165) is 31.6 Å². The Labute approximate surface area is 103 Å². The number of hydrogen-bond donors (Lipinski definition) is 4. The van der Waals surface area contributed by atoms with Gasteiger partial charge >= 0.3 is 11.9 Å². The maximum atomic E-state index is 10.3. The third kappa shape index (κ3) is 6.02. The predicted molar refractivity (Wildman–Crippen MR) is 60.6 cm³/mol. The van der Waals surface area contributed by atoms with Crippen molar-refractivity contribution in [2.24, 2.45) is 0 Å². The molecule has 0 unspecified atom stereocenters. The lowest BCUT2D eigenvalue weighted by molar-refractivity contribution is 0.0626. The lowest BCUT2D eigenvalue weighted by Crippen LogP contribution is -2.03. The Morgan fingerprint density at radius 3 is 1.89 bits per heavy atom. The third-order valence-corrected chi connectivity index (χ3v) is 1.91. The summed E-state index contributed by atoms with van der Waals surface area (Å²) < 4.78 is 4.41. The summed E-state index contributed by atoms with van der Waals surface area (Å²) in [6, 6.07) is 1.09. The van der Waals surface area contributed by atoms with Crippen LogP contribution in [0.25, 0.3) is 0 Å². The number of carbonyl (C=O) groups is 2. The molecule has 7 nitrogen and oxygen atoms in total. The first kappa shape index (κ1) is 16.1. The normalized spacial score (nSPS) is 9.44. The summed E-state index contributed by atoms with van der Waals surface area (Å²) in [4.78, 5) is 20.5. The van der Waals surface area contributed by atoms with Gasteiger partial charge in [-0.1, -0.05) is 0 Å². The van der Waals surface area contributed by atoms with Crippen molar-refractivity contribution in [2.75, 3.05) is 13.2 Å². The van der Waals surface area contributed by atoms with Gasteiger partial charge in [-0.3, -0.25) is 0 Å². The van der Waals surface area contributed by atoms with Gasteiger partial charge in [0.2, 0.25) is 5.76 Å². The quantitative estimate of drug-likeness (QED) is 0.557. The Kier molecular flexibility index (Phi) is 8.25. The number of hydrogen-bond acceptors (Lipinski definition) is 5. The first-order valence-electron chi connectivity index (χ1n) is 5.30. The van der Waals surface area contributed by atoms with Gasteiger partial charge in [-0.15, -0.1) is 0 Å². The van der Waals surface area contributed by atoms with E-state index in [1.54, 1.807) is 0 Å². The monoisotopic (exact) mass is 260 g/mol. The molecule has 0 saturated heterocycles. The molecular formula is C11H16O7. The number of aliphatic hydroxyl groups excluding tert-OH is 2. The molecule has 7 heteroatoms. The van der Waals surface area contributed by atoms with Crippen LogP contribution in [0.5, 0.6) is 0 Å². The minimum atomic E-state index is -1.38. The van der Waals surface area contributed by atoms with E-state index in [0.29, 0.717) is 0 Å². The maximum absolute atomic E-state index is 10.3. The van der Waals surface area contributed by atoms with Gasteiger partial charge in [-0.05, 0) is 25.3 Å². The van der Waals surface area contributed by atoms with E-state index in [2.05, 4.69) is 4.42 Å². The molecule has 102 valence electrons. The number of furan rings is 1. The van der Waals surface area contributed by atoms with Crippen LogP contribution in [0, 0.1) is 0 Å². The van der Waals surface area contributed by atoms with Crippen molar-refractivity contribution in [3.63, 3.8) is 0 Å². The number of carboxylic acid groups (broad SMARTS) is 2. The highest BCUT2D eigenvalue weighted by atomic mass is 16.4. The van der Waals surface area contributed by atoms with Crippen LogP contribution >= 0.6 is 0 Å². The molecule has 0 aliphatic carbocycles. The van der Waals surface area contributed by atoms with Crippen LogP contribution in [0.15, 0.2) is 16.7 Å². The largest absolute Gasteiger partial charge is 0.478 e. The van der Waals surface area contributed by atoms with Gasteiger partial charge in [0.1, 0.15) is 5.56 Å². The van der Waals surface area contributed by atoms with Crippen molar-refractivity contribution < 1.29 is 34.4 Å². The van der Waals surface area contributed by atoms with Gasteiger partial charge in [0.05, 0.1) is 6.26 Å². The fraction of sp³-hybridized carbons (Fsp3) is 0.455. The zero-order chi connectivity index (χ0) is 14.0. The summed E-state index contributed by atoms with van der Waals surface area (Å²) in [6.45, 7) is 0.500. The lowest BCUT2D eigenvalue weighted by Gasteiger charge is -1.90. The summed E-state index contributed by atoms with van der Waals surface area (Å²) in [6.07, 6.45) is 3.60. The Balaban J connectivity index is 0.000000360. The molecular weight excluding hydrogens is 244 g/mol. The minimum absolute atomic E-state index is 0.250. The molecule has 0 radical (unpaired) electrons. The Morgan fingerprint density at radius 2 is 1.56 bits per heavy atom. The summed E-state index contributed by atoms with van der Waals surface area (Å²) in [5.41, 5.74) is -0.336. The van der Waals surface area contributed by atoms with Gasteiger partial charge < -0.3 is 24.8 Å². The molecule has 0 aromatic carbocycles. The SMILES string of the molecule is O=C(O)c1ccoc1C(=O)O.OCCCCCO. The van der Waals surface area contributed by atoms with Gasteiger partial charge in [-0.2, -0.15) is 0 Å². The van der Waals surface area contributed by atoms with Gasteiger partial charge in [0.25, 0.3) is 0 Å². The molecule has 1 rings (SSSR count). The molecule has 0 aliphatic rings. The van der Waals surface area contributed by atoms with Crippen LogP contribution in [-0.4, -0.2) is 45.6 Å². The number of aromatic carboxylic acids is 2. The standard InChI is InChI=1S/C6H4O5.C5H12O2/c7-5(8)3-1-2-11-4(3)6(9)10;6-4-2-1-3-5-7/h1-2H,(H,7,8)(H,9,10);6-7H,1-5H2. The molecule has 0 saturated carbocycles. The fourth-order valence-corrected chi connectivity index (χ4v) is 1.04. The van der Waals surface area contributed by atoms with E-state index in [-0.39, 0.29) is 18.8 Å². The molecule has 0 atom stereocenters. The van der Waals surface area contributed by atoms with Crippen molar-refractivity contribution >= 4 is 11.9 Å². The van der Waals surface area contributed by atoms with Gasteiger partial charge in [0, 0.05) is 13.2 Å². The van der Waals surface area contributed by atoms with E-state index in [9.17, 15) is 9.59 Å². The molecule has 1 aromatic heterocycles. The molecule has 0 bridgehead atoms. The summed E-state index contributed by atoms with van der Waals surface area (Å²) in [7, 11) is 0. The molecule has 0 spiro atoms. The summed E-state index contributed by atoms with van der Waals surface area (Å²) >= 11 is 0. The predicted octanol–water partition coefficient (Wildman–Crippen LogP) is 0.817. The Hall–Kier alpha value is -1.86. The molecule has 0 aliphatic heterocycles. The molecule has 0 amide bonds. The fourth-order valence-electron chi connectivity index (χ4n) is 1.04. The van der Waals surface area contributed by atoms with Crippen LogP contribution in [0.3, 0.4) is 0 Å². The van der Waals surface area contributed by atoms with E-state index < -0.39 is 17.7 Å². The smallest absolute Gasteiger partial charge is 0.372 e. The van der Waals surface area contributed by atoms with Crippen molar-refractivity contribution in [3.05, 3.63) is 23.7 Å². The number of rotatable bonds is 6. The zero-order valence-corrected chi connectivity index (χ0v) is 9.70. The van der Waals surface area contributed by atoms with E-state index >= 15 is 0 Å². The van der Waals surface area contributed by atoms with E-state index in [4.69, 9.17) is 20.4 Å². The highest BCUT2D eigenvalue weighted by Gasteiger charge is 2.18. The van der Waals surface area contributed by atoms with Crippen molar-refractivity contribution in [1.29, 1.82) is 0 Å². The first-order valence-corrected chi connectivity index (χ1v) is 5.30. The Morgan fingerprint density at radius 1 is 1.00 bits per heavy atom. The average molecular weight is 260 g/mol. The van der Waals surface area contributed by atoms with Crippen LogP contribution in [0.2, 0.25) is 0 Å². The molecule has 1 aromatic rings. The van der Waals surface area contributed by atoms with E-state index in [1.165, 1.54) is 0 Å². The van der Waals surface area contributed by atoms with Gasteiger partial charge in [0.15, 0.2) is 0 Å². The van der Waals surface area contributed by atoms with Crippen LogP contribution in [-0.2, 0) is 0 Å². The zero-order valence-electron chi connectivity index (χ0n) is 9.70. The van der Waals surface area contributed by atoms with Crippen LogP contribution in [0.4, 0.5) is 0 Å². The second kappa shape index (κ2) is 9.20. The highest BCUT2D eigenvalue weighted by Crippen LogP contribution is 2.09. The number of carboxylic acids is 2. The van der Waals surface area contributed by atoms with Crippen LogP contribution < -0.4 is 0 Å². The van der Waals surface area contributed by atoms with Crippen molar-refractivity contribution in [3.8, 4) is 0 Å². The molecule has 1 heterocycles. The Bertz CT molecular complexity index is 337. The second-order valence-corrected chi connectivity index (χ2v) is 3.28. The number of aliphatic hydroxyl groups is 2. The topological polar surface area (TPSA) is 128 Å². The highest BCUT2D eigenvalue weighted by molar-refractivity contribution is 5.99. The average Bonchev–Trinajstić information content (AvgIpc) is 2.79. The minimum Gasteiger partial charge on any atom is -0.478 e.